The van der Waals surface area contributed by atoms with Gasteiger partial charge >= 0.3 is 0 Å². The zero-order chi connectivity index (χ0) is 17.6. The Kier molecular flexibility index (Phi) is 5.48. The number of aromatic nitrogens is 4. The zero-order valence-electron chi connectivity index (χ0n) is 14.8. The van der Waals surface area contributed by atoms with Crippen molar-refractivity contribution in [2.75, 3.05) is 6.54 Å². The molecule has 0 saturated heterocycles. The Bertz CT molecular complexity index is 806. The van der Waals surface area contributed by atoms with Crippen molar-refractivity contribution in [2.45, 2.75) is 39.2 Å². The van der Waals surface area contributed by atoms with Gasteiger partial charge in [0.25, 0.3) is 0 Å². The van der Waals surface area contributed by atoms with E-state index in [1.54, 1.807) is 0 Å². The van der Waals surface area contributed by atoms with Crippen molar-refractivity contribution in [1.29, 1.82) is 0 Å². The highest BCUT2D eigenvalue weighted by atomic mass is 16.2. The average Bonchev–Trinajstić information content (AvgIpc) is 3.26. The molecule has 0 aromatic carbocycles. The Balaban J connectivity index is 1.53. The summed E-state index contributed by atoms with van der Waals surface area (Å²) in [6, 6.07) is 9.61. The minimum Gasteiger partial charge on any atom is -0.354 e. The molecule has 0 spiro atoms. The molecule has 6 heteroatoms. The predicted octanol–water partition coefficient (Wildman–Crippen LogP) is 2.87. The molecule has 3 aromatic rings. The van der Waals surface area contributed by atoms with Crippen molar-refractivity contribution < 1.29 is 4.79 Å². The van der Waals surface area contributed by atoms with Gasteiger partial charge in [-0.3, -0.25) is 9.20 Å². The van der Waals surface area contributed by atoms with Crippen LogP contribution in [-0.2, 0) is 11.2 Å². The molecule has 3 aromatic heterocycles. The quantitative estimate of drug-likeness (QED) is 0.642. The fourth-order valence-electron chi connectivity index (χ4n) is 3.00. The van der Waals surface area contributed by atoms with Crippen molar-refractivity contribution in [2.24, 2.45) is 5.92 Å². The molecule has 0 fully saturated rings. The molecule has 0 bridgehead atoms. The number of carbonyl (C=O) groups excluding carboxylic acids is 1. The van der Waals surface area contributed by atoms with Gasteiger partial charge < -0.3 is 9.88 Å². The van der Waals surface area contributed by atoms with Crippen LogP contribution >= 0.6 is 0 Å². The van der Waals surface area contributed by atoms with E-state index in [0.29, 0.717) is 12.5 Å². The zero-order valence-corrected chi connectivity index (χ0v) is 14.8. The Hall–Kier alpha value is -2.63. The van der Waals surface area contributed by atoms with E-state index in [2.05, 4.69) is 29.4 Å². The van der Waals surface area contributed by atoms with Crippen molar-refractivity contribution in [3.05, 3.63) is 54.7 Å². The molecule has 1 N–H and O–H groups in total. The maximum atomic E-state index is 12.6. The number of nitrogens with zero attached hydrogens (tertiary/aromatic N) is 4. The molecule has 1 amide bonds. The molecule has 3 rings (SSSR count). The first-order valence-electron chi connectivity index (χ1n) is 8.84. The van der Waals surface area contributed by atoms with Crippen LogP contribution in [0.2, 0.25) is 0 Å². The van der Waals surface area contributed by atoms with E-state index in [-0.39, 0.29) is 11.9 Å². The normalized spacial score (nSPS) is 12.6. The first kappa shape index (κ1) is 17.2. The summed E-state index contributed by atoms with van der Waals surface area (Å²) in [6.45, 7) is 4.91. The number of amides is 1. The van der Waals surface area contributed by atoms with Crippen molar-refractivity contribution in [3.8, 4) is 0 Å². The first-order valence-corrected chi connectivity index (χ1v) is 8.84. The number of aryl methyl sites for hydroxylation is 1. The molecular formula is C19H25N5O. The number of nitrogens with one attached hydrogen (secondary N) is 1. The van der Waals surface area contributed by atoms with Gasteiger partial charge in [0.2, 0.25) is 5.91 Å². The summed E-state index contributed by atoms with van der Waals surface area (Å²) < 4.78 is 3.98. The van der Waals surface area contributed by atoms with Gasteiger partial charge in [0.15, 0.2) is 5.65 Å². The summed E-state index contributed by atoms with van der Waals surface area (Å²) in [4.78, 5) is 12.6. The molecule has 25 heavy (non-hydrogen) atoms. The third kappa shape index (κ3) is 4.26. The van der Waals surface area contributed by atoms with E-state index in [1.807, 2.05) is 57.9 Å². The van der Waals surface area contributed by atoms with E-state index >= 15 is 0 Å². The summed E-state index contributed by atoms with van der Waals surface area (Å²) >= 11 is 0. The van der Waals surface area contributed by atoms with E-state index in [4.69, 9.17) is 0 Å². The van der Waals surface area contributed by atoms with E-state index < -0.39 is 0 Å². The Morgan fingerprint density at radius 2 is 1.88 bits per heavy atom. The van der Waals surface area contributed by atoms with Crippen LogP contribution in [-0.4, -0.2) is 31.6 Å². The van der Waals surface area contributed by atoms with Crippen LogP contribution < -0.4 is 5.32 Å². The van der Waals surface area contributed by atoms with Crippen LogP contribution in [0.5, 0.6) is 0 Å². The van der Waals surface area contributed by atoms with Gasteiger partial charge in [0, 0.05) is 31.6 Å². The topological polar surface area (TPSA) is 64.2 Å². The number of hydrogen-bond donors (Lipinski definition) is 1. The molecule has 0 saturated carbocycles. The fourth-order valence-corrected chi connectivity index (χ4v) is 3.00. The average molecular weight is 339 g/mol. The first-order chi connectivity index (χ1) is 12.1. The van der Waals surface area contributed by atoms with Gasteiger partial charge in [0.05, 0.1) is 0 Å². The monoisotopic (exact) mass is 339 g/mol. The lowest BCUT2D eigenvalue weighted by molar-refractivity contribution is -0.124. The highest BCUT2D eigenvalue weighted by Gasteiger charge is 2.20. The number of pyridine rings is 1. The lowest BCUT2D eigenvalue weighted by atomic mass is 10.0. The SMILES string of the molecule is CC(C)C[C@H](C(=O)NCCCc1nnc2ccccn12)n1cccc1. The van der Waals surface area contributed by atoms with Crippen LogP contribution in [0.3, 0.4) is 0 Å². The fraction of sp³-hybridized carbons (Fsp3) is 0.421. The summed E-state index contributed by atoms with van der Waals surface area (Å²) in [6.07, 6.45) is 8.32. The molecule has 0 aliphatic heterocycles. The maximum Gasteiger partial charge on any atom is 0.243 e. The van der Waals surface area contributed by atoms with E-state index in [1.165, 1.54) is 0 Å². The molecule has 0 unspecified atom stereocenters. The predicted molar refractivity (Wildman–Crippen MR) is 97.2 cm³/mol. The van der Waals surface area contributed by atoms with Gasteiger partial charge in [-0.1, -0.05) is 19.9 Å². The third-order valence-corrected chi connectivity index (χ3v) is 4.25. The van der Waals surface area contributed by atoms with Crippen LogP contribution in [0.4, 0.5) is 0 Å². The highest BCUT2D eigenvalue weighted by molar-refractivity contribution is 5.80. The van der Waals surface area contributed by atoms with Crippen molar-refractivity contribution >= 4 is 11.6 Å². The number of rotatable bonds is 8. The summed E-state index contributed by atoms with van der Waals surface area (Å²) in [5.41, 5.74) is 0.853. The van der Waals surface area contributed by atoms with Gasteiger partial charge in [-0.2, -0.15) is 0 Å². The largest absolute Gasteiger partial charge is 0.354 e. The van der Waals surface area contributed by atoms with Gasteiger partial charge in [-0.25, -0.2) is 0 Å². The lowest BCUT2D eigenvalue weighted by Gasteiger charge is -2.20. The Morgan fingerprint density at radius 3 is 2.64 bits per heavy atom. The number of hydrogen-bond acceptors (Lipinski definition) is 3. The minimum atomic E-state index is -0.149. The molecular weight excluding hydrogens is 314 g/mol. The van der Waals surface area contributed by atoms with Gasteiger partial charge in [-0.15, -0.1) is 10.2 Å². The third-order valence-electron chi connectivity index (χ3n) is 4.25. The minimum absolute atomic E-state index is 0.0796. The van der Waals surface area contributed by atoms with Gasteiger partial charge in [-0.05, 0) is 43.0 Å². The second-order valence-corrected chi connectivity index (χ2v) is 6.72. The smallest absolute Gasteiger partial charge is 0.243 e. The van der Waals surface area contributed by atoms with Crippen molar-refractivity contribution in [3.63, 3.8) is 0 Å². The number of fused-ring (bicyclic) bond motifs is 1. The lowest BCUT2D eigenvalue weighted by Crippen LogP contribution is -2.33. The summed E-state index contributed by atoms with van der Waals surface area (Å²) in [7, 11) is 0. The van der Waals surface area contributed by atoms with Crippen molar-refractivity contribution in [1.82, 2.24) is 24.5 Å². The molecule has 1 atom stereocenters. The molecule has 6 nitrogen and oxygen atoms in total. The van der Waals surface area contributed by atoms with E-state index in [9.17, 15) is 4.79 Å². The second kappa shape index (κ2) is 7.96. The molecule has 0 aliphatic rings. The van der Waals surface area contributed by atoms with Crippen LogP contribution in [0.15, 0.2) is 48.9 Å². The van der Waals surface area contributed by atoms with Crippen LogP contribution in [0.25, 0.3) is 5.65 Å². The Labute approximate surface area is 147 Å². The molecule has 132 valence electrons. The number of carbonyl (C=O) groups is 1. The molecule has 0 radical (unpaired) electrons. The summed E-state index contributed by atoms with van der Waals surface area (Å²) in [5.74, 6) is 1.46. The standard InChI is InChI=1S/C19H25N5O/c1-15(2)14-16(23-11-5-6-12-23)19(25)20-10-7-9-18-22-21-17-8-3-4-13-24(17)18/h3-6,8,11-13,15-16H,7,9-10,14H2,1-2H3,(H,20,25)/t16-/m1/s1. The maximum absolute atomic E-state index is 12.6. The molecule has 0 aliphatic carbocycles. The van der Waals surface area contributed by atoms with Gasteiger partial charge in [0.1, 0.15) is 11.9 Å². The molecule has 3 heterocycles. The summed E-state index contributed by atoms with van der Waals surface area (Å²) in [5, 5.41) is 11.4. The van der Waals surface area contributed by atoms with Crippen LogP contribution in [0.1, 0.15) is 38.6 Å². The second-order valence-electron chi connectivity index (χ2n) is 6.72. The highest BCUT2D eigenvalue weighted by Crippen LogP contribution is 2.18. The van der Waals surface area contributed by atoms with E-state index in [0.717, 1.165) is 30.7 Å². The Morgan fingerprint density at radius 1 is 1.12 bits per heavy atom. The van der Waals surface area contributed by atoms with Crippen LogP contribution in [0, 0.1) is 5.92 Å².